The molecule has 0 bridgehead atoms. The Morgan fingerprint density at radius 1 is 1.30 bits per heavy atom. The Morgan fingerprint density at radius 3 is 2.75 bits per heavy atom. The minimum atomic E-state index is 0.280. The fourth-order valence-electron chi connectivity index (χ4n) is 1.89. The van der Waals surface area contributed by atoms with Crippen molar-refractivity contribution in [1.29, 1.82) is 0 Å². The average molecular weight is 275 g/mol. The van der Waals surface area contributed by atoms with Crippen molar-refractivity contribution in [2.75, 3.05) is 13.2 Å². The number of benzene rings is 1. The van der Waals surface area contributed by atoms with Gasteiger partial charge in [0, 0.05) is 19.0 Å². The maximum absolute atomic E-state index is 5.57. The van der Waals surface area contributed by atoms with Crippen LogP contribution in [0.5, 0.6) is 5.75 Å². The van der Waals surface area contributed by atoms with E-state index in [0.717, 1.165) is 37.6 Å². The zero-order chi connectivity index (χ0) is 14.2. The van der Waals surface area contributed by atoms with Crippen LogP contribution in [-0.2, 0) is 6.42 Å². The molecule has 0 fully saturated rings. The van der Waals surface area contributed by atoms with E-state index < -0.39 is 0 Å². The Bertz CT molecular complexity index is 482. The summed E-state index contributed by atoms with van der Waals surface area (Å²) < 4.78 is 10.3. The van der Waals surface area contributed by atoms with Gasteiger partial charge in [0.15, 0.2) is 5.82 Å². The molecule has 0 aliphatic rings. The minimum absolute atomic E-state index is 0.280. The van der Waals surface area contributed by atoms with E-state index in [9.17, 15) is 0 Å². The van der Waals surface area contributed by atoms with Crippen molar-refractivity contribution < 1.29 is 9.26 Å². The average Bonchev–Trinajstić information content (AvgIpc) is 2.99. The molecule has 2 aromatic rings. The largest absolute Gasteiger partial charge is 0.494 e. The highest BCUT2D eigenvalue weighted by molar-refractivity contribution is 5.28. The summed E-state index contributed by atoms with van der Waals surface area (Å²) in [6.45, 7) is 5.81. The second-order valence-corrected chi connectivity index (χ2v) is 4.69. The number of hydrogen-bond acceptors (Lipinski definition) is 5. The van der Waals surface area contributed by atoms with Gasteiger partial charge in [-0.15, -0.1) is 0 Å². The van der Waals surface area contributed by atoms with Gasteiger partial charge in [-0.2, -0.15) is 4.98 Å². The van der Waals surface area contributed by atoms with E-state index in [1.165, 1.54) is 12.0 Å². The molecule has 1 aromatic carbocycles. The molecule has 1 aromatic heterocycles. The molecule has 1 heterocycles. The summed E-state index contributed by atoms with van der Waals surface area (Å²) in [5, 5.41) is 7.22. The Labute approximate surface area is 119 Å². The number of nitrogens with one attached hydrogen (secondary N) is 1. The molecule has 0 saturated carbocycles. The van der Waals surface area contributed by atoms with Crippen LogP contribution in [-0.4, -0.2) is 23.3 Å². The first-order valence-corrected chi connectivity index (χ1v) is 7.01. The first kappa shape index (κ1) is 14.5. The topological polar surface area (TPSA) is 60.2 Å². The Hall–Kier alpha value is -1.88. The van der Waals surface area contributed by atoms with Crippen LogP contribution < -0.4 is 10.1 Å². The third-order valence-electron chi connectivity index (χ3n) is 3.06. The van der Waals surface area contributed by atoms with E-state index in [1.807, 2.05) is 12.1 Å². The second kappa shape index (κ2) is 7.65. The molecular formula is C15H21N3O2. The smallest absolute Gasteiger partial charge is 0.213 e. The lowest BCUT2D eigenvalue weighted by Gasteiger charge is -2.14. The summed E-state index contributed by atoms with van der Waals surface area (Å²) in [5.74, 6) is 1.66. The van der Waals surface area contributed by atoms with Crippen molar-refractivity contribution in [2.45, 2.75) is 32.7 Å². The lowest BCUT2D eigenvalue weighted by molar-refractivity contribution is 0.317. The molecule has 0 aliphatic carbocycles. The van der Waals surface area contributed by atoms with Gasteiger partial charge in [-0.05, 0) is 31.0 Å². The van der Waals surface area contributed by atoms with Gasteiger partial charge in [-0.25, -0.2) is 0 Å². The van der Waals surface area contributed by atoms with Crippen LogP contribution >= 0.6 is 0 Å². The lowest BCUT2D eigenvalue weighted by atomic mass is 10.1. The Morgan fingerprint density at radius 2 is 2.10 bits per heavy atom. The molecule has 0 spiro atoms. The van der Waals surface area contributed by atoms with Crippen LogP contribution in [0.3, 0.4) is 0 Å². The van der Waals surface area contributed by atoms with Gasteiger partial charge in [0.1, 0.15) is 5.75 Å². The second-order valence-electron chi connectivity index (χ2n) is 4.69. The van der Waals surface area contributed by atoms with E-state index in [1.54, 1.807) is 0 Å². The SMILES string of the molecule is CCCOc1ccc(C(C)NCCc2ncon2)cc1. The summed E-state index contributed by atoms with van der Waals surface area (Å²) in [7, 11) is 0. The first-order valence-electron chi connectivity index (χ1n) is 7.01. The third-order valence-corrected chi connectivity index (χ3v) is 3.06. The van der Waals surface area contributed by atoms with E-state index in [2.05, 4.69) is 41.4 Å². The van der Waals surface area contributed by atoms with Crippen molar-refractivity contribution in [2.24, 2.45) is 0 Å². The molecule has 108 valence electrons. The van der Waals surface area contributed by atoms with Crippen molar-refractivity contribution >= 4 is 0 Å². The highest BCUT2D eigenvalue weighted by Crippen LogP contribution is 2.17. The molecule has 1 N–H and O–H groups in total. The van der Waals surface area contributed by atoms with Crippen molar-refractivity contribution in [3.05, 3.63) is 42.0 Å². The maximum Gasteiger partial charge on any atom is 0.213 e. The highest BCUT2D eigenvalue weighted by atomic mass is 16.5. The van der Waals surface area contributed by atoms with E-state index in [4.69, 9.17) is 9.26 Å². The summed E-state index contributed by atoms with van der Waals surface area (Å²) in [6, 6.07) is 8.50. The van der Waals surface area contributed by atoms with Gasteiger partial charge >= 0.3 is 0 Å². The monoisotopic (exact) mass is 275 g/mol. The van der Waals surface area contributed by atoms with Gasteiger partial charge in [0.25, 0.3) is 0 Å². The number of rotatable bonds is 8. The molecule has 0 aliphatic heterocycles. The fraction of sp³-hybridized carbons (Fsp3) is 0.467. The molecule has 1 unspecified atom stereocenters. The molecule has 1 atom stereocenters. The van der Waals surface area contributed by atoms with Crippen molar-refractivity contribution in [3.8, 4) is 5.75 Å². The highest BCUT2D eigenvalue weighted by Gasteiger charge is 2.06. The lowest BCUT2D eigenvalue weighted by Crippen LogP contribution is -2.21. The summed E-state index contributed by atoms with van der Waals surface area (Å²) >= 11 is 0. The van der Waals surface area contributed by atoms with Crippen LogP contribution in [0.25, 0.3) is 0 Å². The summed E-state index contributed by atoms with van der Waals surface area (Å²) in [5.41, 5.74) is 1.24. The molecule has 20 heavy (non-hydrogen) atoms. The van der Waals surface area contributed by atoms with Crippen molar-refractivity contribution in [1.82, 2.24) is 15.5 Å². The fourth-order valence-corrected chi connectivity index (χ4v) is 1.89. The molecule has 5 heteroatoms. The predicted molar refractivity (Wildman–Crippen MR) is 76.6 cm³/mol. The van der Waals surface area contributed by atoms with Gasteiger partial charge in [-0.3, -0.25) is 0 Å². The first-order chi connectivity index (χ1) is 9.79. The van der Waals surface area contributed by atoms with Crippen LogP contribution in [0.4, 0.5) is 0 Å². The van der Waals surface area contributed by atoms with Gasteiger partial charge < -0.3 is 14.6 Å². The number of aromatic nitrogens is 2. The quantitative estimate of drug-likeness (QED) is 0.802. The van der Waals surface area contributed by atoms with Crippen LogP contribution in [0.15, 0.2) is 35.2 Å². The van der Waals surface area contributed by atoms with E-state index in [0.29, 0.717) is 0 Å². The van der Waals surface area contributed by atoms with Gasteiger partial charge in [-0.1, -0.05) is 24.2 Å². The standard InChI is InChI=1S/C15H21N3O2/c1-3-10-19-14-6-4-13(5-7-14)12(2)16-9-8-15-17-11-20-18-15/h4-7,11-12,16H,3,8-10H2,1-2H3. The number of ether oxygens (including phenoxy) is 1. The molecule has 0 radical (unpaired) electrons. The zero-order valence-corrected chi connectivity index (χ0v) is 12.0. The third kappa shape index (κ3) is 4.35. The molecule has 0 amide bonds. The van der Waals surface area contributed by atoms with Crippen molar-refractivity contribution in [3.63, 3.8) is 0 Å². The number of hydrogen-bond donors (Lipinski definition) is 1. The predicted octanol–water partition coefficient (Wildman–Crippen LogP) is 2.75. The van der Waals surface area contributed by atoms with E-state index in [-0.39, 0.29) is 6.04 Å². The van der Waals surface area contributed by atoms with Gasteiger partial charge in [0.2, 0.25) is 6.39 Å². The Balaban J connectivity index is 1.78. The van der Waals surface area contributed by atoms with Crippen LogP contribution in [0.2, 0.25) is 0 Å². The van der Waals surface area contributed by atoms with Crippen LogP contribution in [0.1, 0.15) is 37.7 Å². The maximum atomic E-state index is 5.57. The molecule has 2 rings (SSSR count). The summed E-state index contributed by atoms with van der Waals surface area (Å²) in [4.78, 5) is 3.99. The number of nitrogens with zero attached hydrogens (tertiary/aromatic N) is 2. The van der Waals surface area contributed by atoms with E-state index >= 15 is 0 Å². The van der Waals surface area contributed by atoms with Crippen LogP contribution in [0, 0.1) is 0 Å². The molecule has 5 nitrogen and oxygen atoms in total. The minimum Gasteiger partial charge on any atom is -0.494 e. The summed E-state index contributed by atoms with van der Waals surface area (Å²) in [6.07, 6.45) is 3.14. The molecule has 0 saturated heterocycles. The van der Waals surface area contributed by atoms with Gasteiger partial charge in [0.05, 0.1) is 6.61 Å². The normalized spacial score (nSPS) is 12.3. The zero-order valence-electron chi connectivity index (χ0n) is 12.0. The Kier molecular flexibility index (Phi) is 5.55. The molecular weight excluding hydrogens is 254 g/mol.